The van der Waals surface area contributed by atoms with Gasteiger partial charge in [-0.2, -0.15) is 0 Å². The minimum Gasteiger partial charge on any atom is -0.435 e. The van der Waals surface area contributed by atoms with Crippen LogP contribution in [0.3, 0.4) is 0 Å². The molecule has 4 rings (SSSR count). The maximum absolute atomic E-state index is 12.3. The quantitative estimate of drug-likeness (QED) is 0.895. The molecule has 3 aliphatic rings. The molecular formula is C14H21N3O2. The Morgan fingerprint density at radius 3 is 2.74 bits per heavy atom. The van der Waals surface area contributed by atoms with Crippen LogP contribution in [0.1, 0.15) is 41.9 Å². The van der Waals surface area contributed by atoms with Gasteiger partial charge in [-0.05, 0) is 38.8 Å². The Morgan fingerprint density at radius 1 is 1.47 bits per heavy atom. The van der Waals surface area contributed by atoms with E-state index in [1.165, 1.54) is 25.9 Å². The number of aromatic nitrogens is 1. The number of carbonyl (C=O) groups is 1. The van der Waals surface area contributed by atoms with Crippen molar-refractivity contribution in [1.82, 2.24) is 15.2 Å². The van der Waals surface area contributed by atoms with Crippen molar-refractivity contribution >= 4 is 5.91 Å². The average Bonchev–Trinajstić information content (AvgIpc) is 2.81. The molecule has 19 heavy (non-hydrogen) atoms. The van der Waals surface area contributed by atoms with Crippen LogP contribution in [0.15, 0.2) is 4.42 Å². The molecule has 1 N–H and O–H groups in total. The summed E-state index contributed by atoms with van der Waals surface area (Å²) in [6.07, 6.45) is 3.11. The summed E-state index contributed by atoms with van der Waals surface area (Å²) in [5.74, 6) is 1.54. The Kier molecular flexibility index (Phi) is 3.31. The van der Waals surface area contributed by atoms with Gasteiger partial charge in [0.25, 0.3) is 5.91 Å². The molecule has 1 amide bonds. The predicted molar refractivity (Wildman–Crippen MR) is 71.0 cm³/mol. The fraction of sp³-hybridized carbons (Fsp3) is 0.714. The van der Waals surface area contributed by atoms with Gasteiger partial charge in [0.15, 0.2) is 5.89 Å². The van der Waals surface area contributed by atoms with E-state index in [1.54, 1.807) is 0 Å². The van der Waals surface area contributed by atoms with Gasteiger partial charge in [-0.15, -0.1) is 0 Å². The molecule has 0 aliphatic carbocycles. The third-order valence-electron chi connectivity index (χ3n) is 4.32. The molecule has 0 spiro atoms. The van der Waals surface area contributed by atoms with E-state index in [0.717, 1.165) is 6.54 Å². The third-order valence-corrected chi connectivity index (χ3v) is 4.32. The highest BCUT2D eigenvalue weighted by Gasteiger charge is 2.35. The Labute approximate surface area is 113 Å². The lowest BCUT2D eigenvalue weighted by Crippen LogP contribution is -2.57. The van der Waals surface area contributed by atoms with Crippen LogP contribution in [0.5, 0.6) is 0 Å². The maximum Gasteiger partial charge on any atom is 0.289 e. The van der Waals surface area contributed by atoms with E-state index >= 15 is 0 Å². The highest BCUT2D eigenvalue weighted by Crippen LogP contribution is 2.27. The molecule has 0 saturated carbocycles. The second-order valence-corrected chi connectivity index (χ2v) is 5.59. The molecule has 2 bridgehead atoms. The van der Waals surface area contributed by atoms with E-state index in [2.05, 4.69) is 15.2 Å². The number of rotatable bonds is 3. The zero-order chi connectivity index (χ0) is 13.4. The number of oxazole rings is 1. The van der Waals surface area contributed by atoms with Gasteiger partial charge >= 0.3 is 0 Å². The molecule has 3 fully saturated rings. The number of hydrogen-bond donors (Lipinski definition) is 1. The average molecular weight is 263 g/mol. The normalized spacial score (nSPS) is 29.5. The molecule has 4 heterocycles. The molecule has 1 atom stereocenters. The number of nitrogens with one attached hydrogen (secondary N) is 1. The second kappa shape index (κ2) is 4.96. The molecule has 3 saturated heterocycles. The van der Waals surface area contributed by atoms with Gasteiger partial charge in [-0.1, -0.05) is 6.92 Å². The molecule has 1 aromatic rings. The monoisotopic (exact) mass is 263 g/mol. The van der Waals surface area contributed by atoms with Crippen LogP contribution in [0.25, 0.3) is 0 Å². The number of amides is 1. The molecule has 0 aromatic carbocycles. The molecule has 5 nitrogen and oxygen atoms in total. The van der Waals surface area contributed by atoms with E-state index in [1.807, 2.05) is 13.8 Å². The lowest BCUT2D eigenvalue weighted by molar-refractivity contribution is 0.0604. The predicted octanol–water partition coefficient (Wildman–Crippen LogP) is 1.37. The smallest absolute Gasteiger partial charge is 0.289 e. The van der Waals surface area contributed by atoms with E-state index < -0.39 is 0 Å². The second-order valence-electron chi connectivity index (χ2n) is 5.59. The van der Waals surface area contributed by atoms with E-state index in [4.69, 9.17) is 4.42 Å². The Hall–Kier alpha value is -1.36. The van der Waals surface area contributed by atoms with Crippen molar-refractivity contribution < 1.29 is 9.21 Å². The number of piperidine rings is 3. The summed E-state index contributed by atoms with van der Waals surface area (Å²) in [6, 6.07) is 0.268. The first-order valence-corrected chi connectivity index (χ1v) is 7.17. The lowest BCUT2D eigenvalue weighted by Gasteiger charge is -2.44. The van der Waals surface area contributed by atoms with E-state index in [0.29, 0.717) is 29.7 Å². The van der Waals surface area contributed by atoms with Crippen LogP contribution in [-0.4, -0.2) is 41.5 Å². The highest BCUT2D eigenvalue weighted by molar-refractivity contribution is 5.92. The first-order valence-electron chi connectivity index (χ1n) is 7.17. The summed E-state index contributed by atoms with van der Waals surface area (Å²) in [7, 11) is 0. The van der Waals surface area contributed by atoms with Crippen LogP contribution in [0.2, 0.25) is 0 Å². The number of hydrogen-bond acceptors (Lipinski definition) is 4. The van der Waals surface area contributed by atoms with Gasteiger partial charge in [0.2, 0.25) is 5.76 Å². The van der Waals surface area contributed by atoms with Gasteiger partial charge in [-0.25, -0.2) is 4.98 Å². The molecule has 104 valence electrons. The number of fused-ring (bicyclic) bond motifs is 3. The summed E-state index contributed by atoms with van der Waals surface area (Å²) in [6.45, 7) is 7.13. The van der Waals surface area contributed by atoms with Crippen molar-refractivity contribution in [1.29, 1.82) is 0 Å². The van der Waals surface area contributed by atoms with Crippen LogP contribution < -0.4 is 5.32 Å². The van der Waals surface area contributed by atoms with Crippen molar-refractivity contribution in [2.45, 2.75) is 39.2 Å². The standard InChI is InChI=1S/C14H21N3O2/c1-3-12-15-9(2)13(19-12)14(18)16-11-8-17-6-4-10(11)5-7-17/h10-11H,3-8H2,1-2H3,(H,16,18)/t11-/m1/s1. The highest BCUT2D eigenvalue weighted by atomic mass is 16.4. The molecule has 5 heteroatoms. The lowest BCUT2D eigenvalue weighted by atomic mass is 9.84. The minimum atomic E-state index is -0.108. The van der Waals surface area contributed by atoms with Crippen molar-refractivity contribution in [2.24, 2.45) is 5.92 Å². The van der Waals surface area contributed by atoms with Gasteiger partial charge in [0.1, 0.15) is 0 Å². The number of aryl methyl sites for hydroxylation is 2. The van der Waals surface area contributed by atoms with Crippen LogP contribution in [0, 0.1) is 12.8 Å². The van der Waals surface area contributed by atoms with E-state index in [-0.39, 0.29) is 11.9 Å². The summed E-state index contributed by atoms with van der Waals surface area (Å²) in [5, 5.41) is 3.13. The Bertz CT molecular complexity index is 475. The zero-order valence-corrected chi connectivity index (χ0v) is 11.6. The van der Waals surface area contributed by atoms with Gasteiger partial charge in [-0.3, -0.25) is 4.79 Å². The topological polar surface area (TPSA) is 58.4 Å². The largest absolute Gasteiger partial charge is 0.435 e. The zero-order valence-electron chi connectivity index (χ0n) is 11.6. The molecule has 0 unspecified atom stereocenters. The first-order chi connectivity index (χ1) is 9.17. The summed E-state index contributed by atoms with van der Waals surface area (Å²) < 4.78 is 5.51. The minimum absolute atomic E-state index is 0.108. The van der Waals surface area contributed by atoms with Crippen molar-refractivity contribution in [3.05, 3.63) is 17.3 Å². The van der Waals surface area contributed by atoms with Gasteiger partial charge in [0.05, 0.1) is 5.69 Å². The van der Waals surface area contributed by atoms with Crippen LogP contribution >= 0.6 is 0 Å². The van der Waals surface area contributed by atoms with Crippen molar-refractivity contribution in [2.75, 3.05) is 19.6 Å². The fourth-order valence-electron chi connectivity index (χ4n) is 3.18. The Balaban J connectivity index is 1.69. The maximum atomic E-state index is 12.3. The summed E-state index contributed by atoms with van der Waals surface area (Å²) >= 11 is 0. The fourth-order valence-corrected chi connectivity index (χ4v) is 3.18. The molecule has 0 radical (unpaired) electrons. The van der Waals surface area contributed by atoms with Crippen molar-refractivity contribution in [3.63, 3.8) is 0 Å². The first kappa shape index (κ1) is 12.7. The third kappa shape index (κ3) is 2.39. The summed E-state index contributed by atoms with van der Waals surface area (Å²) in [4.78, 5) is 19.0. The van der Waals surface area contributed by atoms with Gasteiger partial charge < -0.3 is 14.6 Å². The number of nitrogens with zero attached hydrogens (tertiary/aromatic N) is 2. The van der Waals surface area contributed by atoms with Crippen LogP contribution in [-0.2, 0) is 6.42 Å². The van der Waals surface area contributed by atoms with Crippen molar-refractivity contribution in [3.8, 4) is 0 Å². The van der Waals surface area contributed by atoms with Crippen LogP contribution in [0.4, 0.5) is 0 Å². The molecule has 3 aliphatic heterocycles. The Morgan fingerprint density at radius 2 is 2.21 bits per heavy atom. The van der Waals surface area contributed by atoms with E-state index in [9.17, 15) is 4.79 Å². The SMILES string of the molecule is CCc1nc(C)c(C(=O)N[C@@H]2CN3CCC2CC3)o1. The molecular weight excluding hydrogens is 242 g/mol. The number of carbonyl (C=O) groups excluding carboxylic acids is 1. The van der Waals surface area contributed by atoms with Gasteiger partial charge in [0, 0.05) is 19.0 Å². The molecule has 1 aromatic heterocycles. The summed E-state index contributed by atoms with van der Waals surface area (Å²) in [5.41, 5.74) is 0.690.